The second-order valence-corrected chi connectivity index (χ2v) is 6.42. The third-order valence-electron chi connectivity index (χ3n) is 4.58. The molecule has 1 aliphatic rings. The van der Waals surface area contributed by atoms with Gasteiger partial charge in [0, 0.05) is 25.4 Å². The van der Waals surface area contributed by atoms with Crippen molar-refractivity contribution in [2.24, 2.45) is 0 Å². The molecule has 134 valence electrons. The molecule has 0 aliphatic carbocycles. The highest BCUT2D eigenvalue weighted by molar-refractivity contribution is 5.76. The largest absolute Gasteiger partial charge is 0.443 e. The van der Waals surface area contributed by atoms with Gasteiger partial charge in [-0.05, 0) is 36.6 Å². The Hall–Kier alpha value is -2.96. The number of oxazole rings is 1. The predicted octanol–water partition coefficient (Wildman–Crippen LogP) is 2.96. The quantitative estimate of drug-likeness (QED) is 0.707. The minimum Gasteiger partial charge on any atom is -0.443 e. The van der Waals surface area contributed by atoms with Crippen LogP contribution < -0.4 is 0 Å². The van der Waals surface area contributed by atoms with Crippen molar-refractivity contribution in [2.45, 2.75) is 31.8 Å². The molecule has 0 radical (unpaired) electrons. The van der Waals surface area contributed by atoms with Crippen molar-refractivity contribution in [3.63, 3.8) is 0 Å². The van der Waals surface area contributed by atoms with E-state index in [-0.39, 0.29) is 24.3 Å². The van der Waals surface area contributed by atoms with E-state index in [2.05, 4.69) is 10.1 Å². The first-order chi connectivity index (χ1) is 12.7. The Morgan fingerprint density at radius 3 is 2.92 bits per heavy atom. The van der Waals surface area contributed by atoms with E-state index >= 15 is 0 Å². The average molecular weight is 354 g/mol. The molecule has 1 atom stereocenters. The molecule has 3 heterocycles. The number of carbonyl (C=O) groups excluding carboxylic acids is 1. The summed E-state index contributed by atoms with van der Waals surface area (Å²) in [6.07, 6.45) is 7.42. The first-order valence-electron chi connectivity index (χ1n) is 8.65. The monoisotopic (exact) mass is 354 g/mol. The van der Waals surface area contributed by atoms with Crippen LogP contribution in [0.2, 0.25) is 0 Å². The summed E-state index contributed by atoms with van der Waals surface area (Å²) < 4.78 is 20.5. The second kappa shape index (κ2) is 7.11. The molecule has 6 nitrogen and oxygen atoms in total. The molecule has 2 aromatic heterocycles. The first-order valence-corrected chi connectivity index (χ1v) is 8.65. The second-order valence-electron chi connectivity index (χ2n) is 6.42. The van der Waals surface area contributed by atoms with Crippen LogP contribution in [0.25, 0.3) is 0 Å². The van der Waals surface area contributed by atoms with Gasteiger partial charge in [0.1, 0.15) is 24.2 Å². The number of aromatic nitrogens is 3. The fourth-order valence-corrected chi connectivity index (χ4v) is 3.31. The third kappa shape index (κ3) is 3.51. The van der Waals surface area contributed by atoms with E-state index in [0.717, 1.165) is 18.4 Å². The topological polar surface area (TPSA) is 64.2 Å². The van der Waals surface area contributed by atoms with Crippen molar-refractivity contribution >= 4 is 5.91 Å². The van der Waals surface area contributed by atoms with E-state index in [9.17, 15) is 9.18 Å². The normalized spacial score (nSPS) is 17.0. The van der Waals surface area contributed by atoms with Crippen molar-refractivity contribution in [3.05, 3.63) is 72.0 Å². The maximum atomic E-state index is 13.0. The molecule has 1 saturated heterocycles. The number of benzene rings is 1. The van der Waals surface area contributed by atoms with Gasteiger partial charge in [-0.2, -0.15) is 5.10 Å². The number of hydrogen-bond donors (Lipinski definition) is 0. The van der Waals surface area contributed by atoms with Gasteiger partial charge in [0.2, 0.25) is 11.8 Å². The summed E-state index contributed by atoms with van der Waals surface area (Å²) >= 11 is 0. The summed E-state index contributed by atoms with van der Waals surface area (Å²) in [5.74, 6) is 1.02. The number of nitrogens with zero attached hydrogens (tertiary/aromatic N) is 4. The number of carbonyl (C=O) groups is 1. The number of halogens is 1. The zero-order chi connectivity index (χ0) is 17.9. The standard InChI is InChI=1S/C19H19FN4O2/c20-15-6-4-14(5-7-15)11-16-12-21-19(26-16)17-3-1-10-24(17)18(25)13-23-9-2-8-22-23/h2,4-9,12,17H,1,3,10-11,13H2/t17-/m1/s1. The lowest BCUT2D eigenvalue weighted by atomic mass is 10.1. The average Bonchev–Trinajstić information content (AvgIpc) is 3.37. The minimum atomic E-state index is -0.260. The van der Waals surface area contributed by atoms with Crippen molar-refractivity contribution in [3.8, 4) is 0 Å². The Morgan fingerprint density at radius 1 is 1.31 bits per heavy atom. The van der Waals surface area contributed by atoms with Crippen LogP contribution in [0.1, 0.15) is 36.1 Å². The van der Waals surface area contributed by atoms with Crippen LogP contribution in [0.5, 0.6) is 0 Å². The Bertz CT molecular complexity index is 873. The molecule has 0 unspecified atom stereocenters. The van der Waals surface area contributed by atoms with Crippen LogP contribution >= 0.6 is 0 Å². The highest BCUT2D eigenvalue weighted by atomic mass is 19.1. The van der Waals surface area contributed by atoms with Gasteiger partial charge in [-0.1, -0.05) is 12.1 Å². The third-order valence-corrected chi connectivity index (χ3v) is 4.58. The fourth-order valence-electron chi connectivity index (χ4n) is 3.31. The lowest BCUT2D eigenvalue weighted by Crippen LogP contribution is -2.33. The van der Waals surface area contributed by atoms with E-state index in [1.165, 1.54) is 12.1 Å². The molecule has 1 aromatic carbocycles. The molecule has 1 aliphatic heterocycles. The van der Waals surface area contributed by atoms with Crippen LogP contribution in [-0.4, -0.2) is 32.1 Å². The van der Waals surface area contributed by atoms with E-state index in [1.54, 1.807) is 41.5 Å². The number of hydrogen-bond acceptors (Lipinski definition) is 4. The van der Waals surface area contributed by atoms with E-state index in [4.69, 9.17) is 4.42 Å². The zero-order valence-electron chi connectivity index (χ0n) is 14.2. The maximum absolute atomic E-state index is 13.0. The van der Waals surface area contributed by atoms with Gasteiger partial charge in [-0.3, -0.25) is 9.48 Å². The maximum Gasteiger partial charge on any atom is 0.244 e. The molecular weight excluding hydrogens is 335 g/mol. The van der Waals surface area contributed by atoms with E-state index in [1.807, 2.05) is 4.90 Å². The van der Waals surface area contributed by atoms with Crippen molar-refractivity contribution in [1.82, 2.24) is 19.7 Å². The summed E-state index contributed by atoms with van der Waals surface area (Å²) in [7, 11) is 0. The number of rotatable bonds is 5. The van der Waals surface area contributed by atoms with Crippen LogP contribution in [0.3, 0.4) is 0 Å². The molecule has 7 heteroatoms. The highest BCUT2D eigenvalue weighted by Crippen LogP contribution is 2.32. The van der Waals surface area contributed by atoms with Crippen molar-refractivity contribution in [2.75, 3.05) is 6.54 Å². The van der Waals surface area contributed by atoms with Gasteiger partial charge in [0.25, 0.3) is 0 Å². The summed E-state index contributed by atoms with van der Waals surface area (Å²) in [5, 5.41) is 4.09. The van der Waals surface area contributed by atoms with E-state index < -0.39 is 0 Å². The minimum absolute atomic E-state index is 0.00878. The SMILES string of the molecule is O=C(Cn1cccn1)N1CCC[C@@H]1c1ncc(Cc2ccc(F)cc2)o1. The van der Waals surface area contributed by atoms with Crippen LogP contribution in [0.4, 0.5) is 4.39 Å². The van der Waals surface area contributed by atoms with Gasteiger partial charge < -0.3 is 9.32 Å². The van der Waals surface area contributed by atoms with Gasteiger partial charge in [-0.25, -0.2) is 9.37 Å². The molecule has 3 aromatic rings. The molecule has 1 amide bonds. The van der Waals surface area contributed by atoms with Crippen LogP contribution in [-0.2, 0) is 17.8 Å². The molecule has 4 rings (SSSR count). The summed E-state index contributed by atoms with van der Waals surface area (Å²) in [6, 6.07) is 7.98. The molecule has 0 bridgehead atoms. The summed E-state index contributed by atoms with van der Waals surface area (Å²) in [4.78, 5) is 18.8. The van der Waals surface area contributed by atoms with Gasteiger partial charge in [-0.15, -0.1) is 0 Å². The van der Waals surface area contributed by atoms with Crippen molar-refractivity contribution in [1.29, 1.82) is 0 Å². The Morgan fingerprint density at radius 2 is 2.15 bits per heavy atom. The Balaban J connectivity index is 1.45. The summed E-state index contributed by atoms with van der Waals surface area (Å²) in [5.41, 5.74) is 0.951. The molecule has 0 saturated carbocycles. The van der Waals surface area contributed by atoms with Gasteiger partial charge in [0.15, 0.2) is 0 Å². The fraction of sp³-hybridized carbons (Fsp3) is 0.316. The number of likely N-dealkylation sites (tertiary alicyclic amines) is 1. The molecule has 1 fully saturated rings. The highest BCUT2D eigenvalue weighted by Gasteiger charge is 2.33. The van der Waals surface area contributed by atoms with Gasteiger partial charge >= 0.3 is 0 Å². The number of amides is 1. The van der Waals surface area contributed by atoms with Crippen LogP contribution in [0.15, 0.2) is 53.3 Å². The molecule has 0 spiro atoms. The summed E-state index contributed by atoms with van der Waals surface area (Å²) in [6.45, 7) is 0.910. The molecule has 0 N–H and O–H groups in total. The lowest BCUT2D eigenvalue weighted by Gasteiger charge is -2.22. The Kier molecular flexibility index (Phi) is 4.51. The first kappa shape index (κ1) is 16.5. The molecule has 26 heavy (non-hydrogen) atoms. The van der Waals surface area contributed by atoms with E-state index in [0.29, 0.717) is 24.6 Å². The molecular formula is C19H19FN4O2. The Labute approximate surface area is 150 Å². The smallest absolute Gasteiger partial charge is 0.244 e. The zero-order valence-corrected chi connectivity index (χ0v) is 14.2. The predicted molar refractivity (Wildman–Crippen MR) is 91.6 cm³/mol. The van der Waals surface area contributed by atoms with Crippen LogP contribution in [0, 0.1) is 5.82 Å². The lowest BCUT2D eigenvalue weighted by molar-refractivity contribution is -0.133. The van der Waals surface area contributed by atoms with Crippen molar-refractivity contribution < 1.29 is 13.6 Å². The van der Waals surface area contributed by atoms with Gasteiger partial charge in [0.05, 0.1) is 6.20 Å².